The first-order valence-corrected chi connectivity index (χ1v) is 8.24. The summed E-state index contributed by atoms with van der Waals surface area (Å²) in [4.78, 5) is 16.5. The van der Waals surface area contributed by atoms with Crippen LogP contribution in [0.15, 0.2) is 30.3 Å². The minimum Gasteiger partial charge on any atom is -0.344 e. The fourth-order valence-corrected chi connectivity index (χ4v) is 3.06. The molecule has 1 aromatic carbocycles. The largest absolute Gasteiger partial charge is 0.344 e. The summed E-state index contributed by atoms with van der Waals surface area (Å²) in [6.07, 6.45) is 1.15. The normalized spacial score (nSPS) is 19.4. The molecule has 1 unspecified atom stereocenters. The van der Waals surface area contributed by atoms with Gasteiger partial charge >= 0.3 is 0 Å². The summed E-state index contributed by atoms with van der Waals surface area (Å²) in [6.45, 7) is 7.97. The quantitative estimate of drug-likeness (QED) is 0.865. The molecule has 1 amide bonds. The highest BCUT2D eigenvalue weighted by Gasteiger charge is 2.27. The number of amides is 1. The summed E-state index contributed by atoms with van der Waals surface area (Å²) in [7, 11) is 1.88. The molecular formula is C18H30ClN3O. The number of rotatable bonds is 6. The topological polar surface area (TPSA) is 49.6 Å². The van der Waals surface area contributed by atoms with Gasteiger partial charge in [0.05, 0.1) is 6.04 Å². The van der Waals surface area contributed by atoms with Crippen molar-refractivity contribution in [2.24, 2.45) is 17.6 Å². The van der Waals surface area contributed by atoms with Gasteiger partial charge in [-0.2, -0.15) is 0 Å². The van der Waals surface area contributed by atoms with Crippen LogP contribution in [-0.4, -0.2) is 48.4 Å². The van der Waals surface area contributed by atoms with Crippen molar-refractivity contribution in [3.8, 4) is 0 Å². The third kappa shape index (κ3) is 5.79. The summed E-state index contributed by atoms with van der Waals surface area (Å²) in [5.74, 6) is 0.807. The summed E-state index contributed by atoms with van der Waals surface area (Å²) >= 11 is 0. The molecule has 1 aromatic rings. The van der Waals surface area contributed by atoms with Crippen molar-refractivity contribution in [2.45, 2.75) is 32.9 Å². The van der Waals surface area contributed by atoms with E-state index in [1.807, 2.05) is 25.8 Å². The minimum absolute atomic E-state index is 0. The lowest BCUT2D eigenvalue weighted by Crippen LogP contribution is -2.46. The molecule has 0 radical (unpaired) electrons. The molecule has 130 valence electrons. The van der Waals surface area contributed by atoms with Gasteiger partial charge in [-0.25, -0.2) is 0 Å². The Balaban J connectivity index is 0.00000264. The highest BCUT2D eigenvalue weighted by atomic mass is 35.5. The number of carbonyl (C=O) groups is 1. The summed E-state index contributed by atoms with van der Waals surface area (Å²) in [5, 5.41) is 0. The zero-order valence-corrected chi connectivity index (χ0v) is 15.3. The number of likely N-dealkylation sites (N-methyl/N-ethyl adjacent to an activating group) is 1. The molecule has 1 saturated heterocycles. The number of nitrogens with two attached hydrogens (primary N) is 1. The van der Waals surface area contributed by atoms with E-state index in [1.165, 1.54) is 5.56 Å². The highest BCUT2D eigenvalue weighted by Crippen LogP contribution is 2.20. The molecule has 0 aromatic heterocycles. The molecule has 0 aliphatic carbocycles. The van der Waals surface area contributed by atoms with Gasteiger partial charge in [-0.3, -0.25) is 9.69 Å². The van der Waals surface area contributed by atoms with Crippen LogP contribution >= 0.6 is 12.4 Å². The molecule has 23 heavy (non-hydrogen) atoms. The van der Waals surface area contributed by atoms with Crippen LogP contribution in [0.2, 0.25) is 0 Å². The zero-order valence-electron chi connectivity index (χ0n) is 14.4. The molecule has 0 spiro atoms. The molecule has 2 N–H and O–H groups in total. The van der Waals surface area contributed by atoms with E-state index in [4.69, 9.17) is 5.73 Å². The fourth-order valence-electron chi connectivity index (χ4n) is 3.06. The van der Waals surface area contributed by atoms with E-state index in [1.54, 1.807) is 0 Å². The molecule has 0 bridgehead atoms. The van der Waals surface area contributed by atoms with Gasteiger partial charge in [0.15, 0.2) is 0 Å². The van der Waals surface area contributed by atoms with Gasteiger partial charge in [-0.15, -0.1) is 12.4 Å². The van der Waals surface area contributed by atoms with Crippen LogP contribution in [0.3, 0.4) is 0 Å². The molecule has 1 aliphatic rings. The van der Waals surface area contributed by atoms with E-state index in [-0.39, 0.29) is 30.3 Å². The second-order valence-corrected chi connectivity index (χ2v) is 6.86. The van der Waals surface area contributed by atoms with Crippen molar-refractivity contribution in [3.63, 3.8) is 0 Å². The SMILES string of the molecule is CC(C)[C@H](N)C(=O)N(C)CC1CCN(Cc2ccccc2)C1.Cl. The van der Waals surface area contributed by atoms with Gasteiger partial charge in [-0.05, 0) is 30.4 Å². The van der Waals surface area contributed by atoms with Crippen LogP contribution in [0, 0.1) is 11.8 Å². The van der Waals surface area contributed by atoms with E-state index in [0.717, 1.165) is 32.6 Å². The molecular weight excluding hydrogens is 310 g/mol. The lowest BCUT2D eigenvalue weighted by molar-refractivity contribution is -0.132. The predicted octanol–water partition coefficient (Wildman–Crippen LogP) is 2.37. The van der Waals surface area contributed by atoms with E-state index in [2.05, 4.69) is 35.2 Å². The van der Waals surface area contributed by atoms with Crippen LogP contribution < -0.4 is 5.73 Å². The molecule has 1 aliphatic heterocycles. The third-order valence-electron chi connectivity index (χ3n) is 4.53. The van der Waals surface area contributed by atoms with E-state index < -0.39 is 0 Å². The average molecular weight is 340 g/mol. The number of nitrogens with zero attached hydrogens (tertiary/aromatic N) is 2. The molecule has 2 rings (SSSR count). The first-order chi connectivity index (χ1) is 10.5. The van der Waals surface area contributed by atoms with Gasteiger partial charge in [0.25, 0.3) is 0 Å². The Morgan fingerprint density at radius 2 is 2.00 bits per heavy atom. The van der Waals surface area contributed by atoms with Crippen LogP contribution in [0.1, 0.15) is 25.8 Å². The molecule has 4 nitrogen and oxygen atoms in total. The highest BCUT2D eigenvalue weighted by molar-refractivity contribution is 5.85. The molecule has 0 saturated carbocycles. The van der Waals surface area contributed by atoms with Gasteiger partial charge < -0.3 is 10.6 Å². The molecule has 2 atom stereocenters. The minimum atomic E-state index is -0.383. The first-order valence-electron chi connectivity index (χ1n) is 8.24. The Bertz CT molecular complexity index is 480. The Morgan fingerprint density at radius 1 is 1.35 bits per heavy atom. The monoisotopic (exact) mass is 339 g/mol. The Hall–Kier alpha value is -1.10. The van der Waals surface area contributed by atoms with E-state index in [0.29, 0.717) is 5.92 Å². The predicted molar refractivity (Wildman–Crippen MR) is 97.5 cm³/mol. The van der Waals surface area contributed by atoms with Crippen molar-refractivity contribution in [1.29, 1.82) is 0 Å². The summed E-state index contributed by atoms with van der Waals surface area (Å²) < 4.78 is 0. The Labute approximate surface area is 146 Å². The van der Waals surface area contributed by atoms with Gasteiger partial charge in [0.2, 0.25) is 5.91 Å². The van der Waals surface area contributed by atoms with Crippen LogP contribution in [0.5, 0.6) is 0 Å². The number of likely N-dealkylation sites (tertiary alicyclic amines) is 1. The lowest BCUT2D eigenvalue weighted by atomic mass is 10.0. The maximum Gasteiger partial charge on any atom is 0.239 e. The van der Waals surface area contributed by atoms with Crippen LogP contribution in [0.4, 0.5) is 0 Å². The second kappa shape index (κ2) is 9.26. The Kier molecular flexibility index (Phi) is 8.03. The first kappa shape index (κ1) is 19.9. The van der Waals surface area contributed by atoms with Crippen molar-refractivity contribution >= 4 is 18.3 Å². The number of carbonyl (C=O) groups excluding carboxylic acids is 1. The van der Waals surface area contributed by atoms with Crippen molar-refractivity contribution in [3.05, 3.63) is 35.9 Å². The fraction of sp³-hybridized carbons (Fsp3) is 0.611. The molecule has 5 heteroatoms. The number of benzene rings is 1. The van der Waals surface area contributed by atoms with Crippen LogP contribution in [0.25, 0.3) is 0 Å². The van der Waals surface area contributed by atoms with Gasteiger partial charge in [-0.1, -0.05) is 44.2 Å². The molecule has 1 fully saturated rings. The van der Waals surface area contributed by atoms with E-state index >= 15 is 0 Å². The lowest BCUT2D eigenvalue weighted by Gasteiger charge is -2.26. The van der Waals surface area contributed by atoms with Crippen molar-refractivity contribution < 1.29 is 4.79 Å². The zero-order chi connectivity index (χ0) is 16.1. The maximum absolute atomic E-state index is 12.2. The van der Waals surface area contributed by atoms with Crippen molar-refractivity contribution in [2.75, 3.05) is 26.7 Å². The second-order valence-electron chi connectivity index (χ2n) is 6.86. The van der Waals surface area contributed by atoms with Gasteiger partial charge in [0, 0.05) is 26.7 Å². The standard InChI is InChI=1S/C18H29N3O.ClH/c1-14(2)17(19)18(22)20(3)11-16-9-10-21(13-16)12-15-7-5-4-6-8-15;/h4-8,14,16-17H,9-13,19H2,1-3H3;1H/t16?,17-;/m0./s1. The number of hydrogen-bond acceptors (Lipinski definition) is 3. The third-order valence-corrected chi connectivity index (χ3v) is 4.53. The smallest absolute Gasteiger partial charge is 0.239 e. The number of halogens is 1. The average Bonchev–Trinajstić information content (AvgIpc) is 2.93. The summed E-state index contributed by atoms with van der Waals surface area (Å²) in [5.41, 5.74) is 7.32. The Morgan fingerprint density at radius 3 is 2.61 bits per heavy atom. The molecule has 1 heterocycles. The van der Waals surface area contributed by atoms with E-state index in [9.17, 15) is 4.79 Å². The number of hydrogen-bond donors (Lipinski definition) is 1. The van der Waals surface area contributed by atoms with Crippen LogP contribution in [-0.2, 0) is 11.3 Å². The van der Waals surface area contributed by atoms with Gasteiger partial charge in [0.1, 0.15) is 0 Å². The van der Waals surface area contributed by atoms with Crippen molar-refractivity contribution in [1.82, 2.24) is 9.80 Å². The maximum atomic E-state index is 12.2. The summed E-state index contributed by atoms with van der Waals surface area (Å²) in [6, 6.07) is 10.2.